The van der Waals surface area contributed by atoms with E-state index in [0.29, 0.717) is 26.1 Å². The van der Waals surface area contributed by atoms with Crippen LogP contribution in [0.4, 0.5) is 15.8 Å². The molecule has 1 aromatic rings. The molecule has 0 bridgehead atoms. The van der Waals surface area contributed by atoms with Crippen LogP contribution in [0.25, 0.3) is 0 Å². The minimum atomic E-state index is -0.710. The number of non-ortho nitro benzene ring substituents is 1. The number of nitro benzene ring substituents is 1. The molecule has 0 unspecified atom stereocenters. The van der Waals surface area contributed by atoms with Gasteiger partial charge in [-0.15, -0.1) is 0 Å². The van der Waals surface area contributed by atoms with Crippen LogP contribution in [-0.4, -0.2) is 46.6 Å². The Hall–Kier alpha value is -2.06. The molecule has 0 radical (unpaired) electrons. The van der Waals surface area contributed by atoms with Gasteiger partial charge >= 0.3 is 0 Å². The van der Waals surface area contributed by atoms with Gasteiger partial charge in [0.25, 0.3) is 5.69 Å². The highest BCUT2D eigenvalue weighted by Crippen LogP contribution is 2.21. The molecule has 1 aliphatic rings. The number of nitro groups is 1. The maximum atomic E-state index is 13.6. The van der Waals surface area contributed by atoms with Crippen LogP contribution in [0.1, 0.15) is 19.8 Å². The number of piperidine rings is 1. The van der Waals surface area contributed by atoms with Gasteiger partial charge in [0.1, 0.15) is 5.82 Å². The molecule has 7 nitrogen and oxygen atoms in total. The van der Waals surface area contributed by atoms with Crippen LogP contribution in [0.2, 0.25) is 0 Å². The molecule has 0 aliphatic carbocycles. The van der Waals surface area contributed by atoms with Crippen LogP contribution in [0.5, 0.6) is 0 Å². The monoisotopic (exact) mass is 325 g/mol. The van der Waals surface area contributed by atoms with Crippen LogP contribution >= 0.6 is 0 Å². The van der Waals surface area contributed by atoms with Gasteiger partial charge in [0, 0.05) is 38.2 Å². The summed E-state index contributed by atoms with van der Waals surface area (Å²) in [5.41, 5.74) is -0.466. The Balaban J connectivity index is 1.88. The third-order valence-corrected chi connectivity index (χ3v) is 4.03. The number of anilines is 1. The molecule has 23 heavy (non-hydrogen) atoms. The SMILES string of the molecule is C[C@@H]1CN(CCC(=O)Nc2cc([N+](=O)[O-])ccc2F)CC[C@@H]1O. The number of likely N-dealkylation sites (tertiary alicyclic amines) is 1. The molecule has 0 spiro atoms. The Kier molecular flexibility index (Phi) is 5.62. The minimum absolute atomic E-state index is 0.154. The summed E-state index contributed by atoms with van der Waals surface area (Å²) in [6.07, 6.45) is 0.520. The summed E-state index contributed by atoms with van der Waals surface area (Å²) in [7, 11) is 0. The molecule has 1 aliphatic heterocycles. The number of aliphatic hydroxyl groups is 1. The average Bonchev–Trinajstić information content (AvgIpc) is 2.50. The molecule has 1 aromatic carbocycles. The van der Waals surface area contributed by atoms with E-state index in [0.717, 1.165) is 18.2 Å². The number of hydrogen-bond donors (Lipinski definition) is 2. The van der Waals surface area contributed by atoms with Crippen LogP contribution < -0.4 is 5.32 Å². The number of aliphatic hydroxyl groups excluding tert-OH is 1. The number of halogens is 1. The Morgan fingerprint density at radius 3 is 2.96 bits per heavy atom. The normalized spacial score (nSPS) is 21.9. The zero-order chi connectivity index (χ0) is 17.0. The largest absolute Gasteiger partial charge is 0.393 e. The van der Waals surface area contributed by atoms with E-state index in [4.69, 9.17) is 0 Å². The lowest BCUT2D eigenvalue weighted by atomic mass is 9.97. The van der Waals surface area contributed by atoms with Crippen molar-refractivity contribution in [3.63, 3.8) is 0 Å². The molecular weight excluding hydrogens is 305 g/mol. The van der Waals surface area contributed by atoms with Gasteiger partial charge in [0.05, 0.1) is 16.7 Å². The molecule has 126 valence electrons. The first kappa shape index (κ1) is 17.3. The lowest BCUT2D eigenvalue weighted by Crippen LogP contribution is -2.42. The minimum Gasteiger partial charge on any atom is -0.393 e. The predicted octanol–water partition coefficient (Wildman–Crippen LogP) is 1.77. The third kappa shape index (κ3) is 4.70. The van der Waals surface area contributed by atoms with Gasteiger partial charge in [0.2, 0.25) is 5.91 Å². The van der Waals surface area contributed by atoms with Crippen molar-refractivity contribution in [1.82, 2.24) is 4.90 Å². The lowest BCUT2D eigenvalue weighted by molar-refractivity contribution is -0.384. The van der Waals surface area contributed by atoms with Crippen molar-refractivity contribution in [2.45, 2.75) is 25.9 Å². The quantitative estimate of drug-likeness (QED) is 0.635. The Labute approximate surface area is 133 Å². The predicted molar refractivity (Wildman–Crippen MR) is 82.5 cm³/mol. The molecule has 0 aromatic heterocycles. The molecule has 1 heterocycles. The molecule has 2 rings (SSSR count). The first-order valence-electron chi connectivity index (χ1n) is 7.51. The number of rotatable bonds is 5. The fourth-order valence-electron chi connectivity index (χ4n) is 2.62. The smallest absolute Gasteiger partial charge is 0.271 e. The van der Waals surface area contributed by atoms with Gasteiger partial charge in [-0.25, -0.2) is 4.39 Å². The van der Waals surface area contributed by atoms with Crippen molar-refractivity contribution < 1.29 is 19.2 Å². The summed E-state index contributed by atoms with van der Waals surface area (Å²) in [5, 5.41) is 22.7. The van der Waals surface area contributed by atoms with E-state index in [1.807, 2.05) is 6.92 Å². The van der Waals surface area contributed by atoms with E-state index in [1.165, 1.54) is 0 Å². The topological polar surface area (TPSA) is 95.7 Å². The maximum absolute atomic E-state index is 13.6. The first-order valence-corrected chi connectivity index (χ1v) is 7.51. The van der Waals surface area contributed by atoms with E-state index in [2.05, 4.69) is 10.2 Å². The number of benzene rings is 1. The molecule has 8 heteroatoms. The van der Waals surface area contributed by atoms with Crippen molar-refractivity contribution in [3.8, 4) is 0 Å². The van der Waals surface area contributed by atoms with Crippen LogP contribution in [0.15, 0.2) is 18.2 Å². The highest BCUT2D eigenvalue weighted by Gasteiger charge is 2.24. The molecular formula is C15H20FN3O4. The van der Waals surface area contributed by atoms with Crippen molar-refractivity contribution in [3.05, 3.63) is 34.1 Å². The lowest BCUT2D eigenvalue weighted by Gasteiger charge is -2.34. The summed E-state index contributed by atoms with van der Waals surface area (Å²) < 4.78 is 13.6. The van der Waals surface area contributed by atoms with Crippen LogP contribution in [0.3, 0.4) is 0 Å². The fourth-order valence-corrected chi connectivity index (χ4v) is 2.62. The Morgan fingerprint density at radius 1 is 1.57 bits per heavy atom. The van der Waals surface area contributed by atoms with Gasteiger partial charge in [-0.2, -0.15) is 0 Å². The maximum Gasteiger partial charge on any atom is 0.271 e. The van der Waals surface area contributed by atoms with Crippen molar-refractivity contribution >= 4 is 17.3 Å². The van der Waals surface area contributed by atoms with Gasteiger partial charge in [-0.05, 0) is 18.4 Å². The standard InChI is InChI=1S/C15H20FN3O4/c1-10-9-18(6-4-14(10)20)7-5-15(21)17-13-8-11(19(22)23)2-3-12(13)16/h2-3,8,10,14,20H,4-7,9H2,1H3,(H,17,21)/t10-,14+/m1/s1. The van der Waals surface area contributed by atoms with E-state index in [9.17, 15) is 24.4 Å². The Bertz CT molecular complexity index is 596. The zero-order valence-corrected chi connectivity index (χ0v) is 12.9. The summed E-state index contributed by atoms with van der Waals surface area (Å²) in [4.78, 5) is 24.0. The number of carbonyl (C=O) groups excluding carboxylic acids is 1. The van der Waals surface area contributed by atoms with Crippen molar-refractivity contribution in [1.29, 1.82) is 0 Å². The molecule has 2 N–H and O–H groups in total. The molecule has 2 atom stereocenters. The molecule has 0 saturated carbocycles. The first-order chi connectivity index (χ1) is 10.9. The number of amides is 1. The second kappa shape index (κ2) is 7.47. The van der Waals surface area contributed by atoms with Gasteiger partial charge in [0.15, 0.2) is 0 Å². The third-order valence-electron chi connectivity index (χ3n) is 4.03. The average molecular weight is 325 g/mol. The van der Waals surface area contributed by atoms with Gasteiger partial charge in [-0.3, -0.25) is 14.9 Å². The molecule has 1 fully saturated rings. The van der Waals surface area contributed by atoms with Crippen molar-refractivity contribution in [2.24, 2.45) is 5.92 Å². The second-order valence-electron chi connectivity index (χ2n) is 5.85. The zero-order valence-electron chi connectivity index (χ0n) is 12.9. The van der Waals surface area contributed by atoms with E-state index >= 15 is 0 Å². The number of carbonyl (C=O) groups is 1. The number of hydrogen-bond acceptors (Lipinski definition) is 5. The highest BCUT2D eigenvalue weighted by atomic mass is 19.1. The van der Waals surface area contributed by atoms with Crippen LogP contribution in [0, 0.1) is 21.8 Å². The van der Waals surface area contributed by atoms with E-state index in [-0.39, 0.29) is 29.8 Å². The molecule has 1 amide bonds. The summed E-state index contributed by atoms with van der Waals surface area (Å²) >= 11 is 0. The van der Waals surface area contributed by atoms with Crippen LogP contribution in [-0.2, 0) is 4.79 Å². The molecule has 1 saturated heterocycles. The highest BCUT2D eigenvalue weighted by molar-refractivity contribution is 5.91. The number of nitrogens with zero attached hydrogens (tertiary/aromatic N) is 2. The summed E-state index contributed by atoms with van der Waals surface area (Å²) in [5.74, 6) is -0.956. The number of nitrogens with one attached hydrogen (secondary N) is 1. The van der Waals surface area contributed by atoms with Gasteiger partial charge < -0.3 is 15.3 Å². The van der Waals surface area contributed by atoms with E-state index < -0.39 is 16.6 Å². The fraction of sp³-hybridized carbons (Fsp3) is 0.533. The van der Waals surface area contributed by atoms with Crippen molar-refractivity contribution in [2.75, 3.05) is 25.0 Å². The summed E-state index contributed by atoms with van der Waals surface area (Å²) in [6.45, 7) is 3.87. The Morgan fingerprint density at radius 2 is 2.30 bits per heavy atom. The van der Waals surface area contributed by atoms with E-state index in [1.54, 1.807) is 0 Å². The summed E-state index contributed by atoms with van der Waals surface area (Å²) in [6, 6.07) is 3.01. The van der Waals surface area contributed by atoms with Gasteiger partial charge in [-0.1, -0.05) is 6.92 Å². The second-order valence-corrected chi connectivity index (χ2v) is 5.85.